The summed E-state index contributed by atoms with van der Waals surface area (Å²) in [7, 11) is -3.93. The third-order valence-electron chi connectivity index (χ3n) is 5.94. The minimum atomic E-state index is -3.93. The van der Waals surface area contributed by atoms with E-state index in [1.807, 2.05) is 29.6 Å². The number of fused-ring (bicyclic) bond motifs is 3. The fraction of sp³-hybridized carbons (Fsp3) is 0.125. The van der Waals surface area contributed by atoms with Crippen LogP contribution in [0.2, 0.25) is 5.02 Å². The number of rotatable bonds is 4. The highest BCUT2D eigenvalue weighted by Gasteiger charge is 2.28. The quantitative estimate of drug-likeness (QED) is 0.336. The van der Waals surface area contributed by atoms with Crippen molar-refractivity contribution in [2.45, 2.75) is 16.3 Å². The summed E-state index contributed by atoms with van der Waals surface area (Å²) in [6, 6.07) is 18.3. The molecule has 7 nitrogen and oxygen atoms in total. The molecule has 1 aliphatic heterocycles. The molecule has 2 aromatic carbocycles. The summed E-state index contributed by atoms with van der Waals surface area (Å²) in [6.45, 7) is 1.46. The van der Waals surface area contributed by atoms with Crippen molar-refractivity contribution in [2.24, 2.45) is 0 Å². The molecule has 0 bridgehead atoms. The molecule has 0 unspecified atom stereocenters. The molecule has 0 fully saturated rings. The molecule has 0 aliphatic carbocycles. The Morgan fingerprint density at radius 3 is 2.53 bits per heavy atom. The third-order valence-corrected chi connectivity index (χ3v) is 8.75. The summed E-state index contributed by atoms with van der Waals surface area (Å²) in [5.74, 6) is 0.746. The van der Waals surface area contributed by atoms with Crippen LogP contribution in [0.4, 0.5) is 5.82 Å². The molecule has 170 valence electrons. The number of anilines is 1. The Labute approximate surface area is 204 Å². The van der Waals surface area contributed by atoms with Crippen LogP contribution in [0.5, 0.6) is 0 Å². The normalized spacial score (nSPS) is 14.6. The van der Waals surface area contributed by atoms with Crippen LogP contribution in [0.1, 0.15) is 12.0 Å². The van der Waals surface area contributed by atoms with E-state index in [1.165, 1.54) is 27.8 Å². The van der Waals surface area contributed by atoms with Gasteiger partial charge in [0.05, 0.1) is 15.1 Å². The van der Waals surface area contributed by atoms with Gasteiger partial charge in [-0.05, 0) is 53.3 Å². The van der Waals surface area contributed by atoms with Crippen LogP contribution >= 0.6 is 22.9 Å². The number of hydrogen-bond donors (Lipinski definition) is 0. The molecule has 0 spiro atoms. The molecule has 0 saturated heterocycles. The van der Waals surface area contributed by atoms with Gasteiger partial charge in [0.25, 0.3) is 0 Å². The molecule has 0 atom stereocenters. The Bertz CT molecular complexity index is 1660. The van der Waals surface area contributed by atoms with Gasteiger partial charge in [-0.1, -0.05) is 53.2 Å². The van der Waals surface area contributed by atoms with Crippen molar-refractivity contribution in [1.82, 2.24) is 19.8 Å². The third kappa shape index (κ3) is 3.48. The molecule has 3 aromatic heterocycles. The van der Waals surface area contributed by atoms with Crippen molar-refractivity contribution < 1.29 is 8.42 Å². The van der Waals surface area contributed by atoms with Crippen LogP contribution in [-0.2, 0) is 9.84 Å². The molecule has 0 amide bonds. The Kier molecular flexibility index (Phi) is 5.13. The van der Waals surface area contributed by atoms with Crippen LogP contribution in [0.15, 0.2) is 82.0 Å². The Morgan fingerprint density at radius 1 is 1.00 bits per heavy atom. The SMILES string of the molecule is O=S(=O)(c1ccc(Cl)cc1)c1nnn2c1nc(N1CC=C(c3ccccc3)CC1)c1sccc12. The number of nitrogens with zero attached hydrogens (tertiary/aromatic N) is 5. The number of halogens is 1. The molecule has 6 rings (SSSR count). The van der Waals surface area contributed by atoms with Crippen molar-refractivity contribution in [3.8, 4) is 0 Å². The minimum absolute atomic E-state index is 0.0986. The van der Waals surface area contributed by atoms with Crippen molar-refractivity contribution in [3.05, 3.63) is 82.7 Å². The summed E-state index contributed by atoms with van der Waals surface area (Å²) in [6.07, 6.45) is 3.08. The van der Waals surface area contributed by atoms with Gasteiger partial charge >= 0.3 is 0 Å². The second-order valence-electron chi connectivity index (χ2n) is 7.95. The highest BCUT2D eigenvalue weighted by molar-refractivity contribution is 7.91. The maximum Gasteiger partial charge on any atom is 0.229 e. The number of sulfone groups is 1. The summed E-state index contributed by atoms with van der Waals surface area (Å²) < 4.78 is 29.2. The molecular weight excluding hydrogens is 490 g/mol. The van der Waals surface area contributed by atoms with Gasteiger partial charge in [0, 0.05) is 18.1 Å². The van der Waals surface area contributed by atoms with Crippen LogP contribution in [0.3, 0.4) is 0 Å². The standard InChI is InChI=1S/C24H18ClN5O2S2/c25-18-6-8-19(9-7-18)34(31,32)24-23-26-22(21-20(12-15-33-21)30(23)28-27-24)29-13-10-17(11-14-29)16-4-2-1-3-5-16/h1-10,12,15H,11,13-14H2. The largest absolute Gasteiger partial charge is 0.351 e. The number of hydrogen-bond acceptors (Lipinski definition) is 7. The fourth-order valence-electron chi connectivity index (χ4n) is 4.20. The molecule has 4 heterocycles. The van der Waals surface area contributed by atoms with Crippen molar-refractivity contribution in [2.75, 3.05) is 18.0 Å². The minimum Gasteiger partial charge on any atom is -0.351 e. The monoisotopic (exact) mass is 507 g/mol. The molecule has 10 heteroatoms. The van der Waals surface area contributed by atoms with Crippen LogP contribution in [-0.4, -0.2) is 41.3 Å². The Hall–Kier alpha value is -3.27. The first-order valence-corrected chi connectivity index (χ1v) is 13.4. The number of aromatic nitrogens is 4. The van der Waals surface area contributed by atoms with Gasteiger partial charge in [-0.2, -0.15) is 4.52 Å². The summed E-state index contributed by atoms with van der Waals surface area (Å²) in [5.41, 5.74) is 3.53. The first kappa shape index (κ1) is 21.3. The van der Waals surface area contributed by atoms with Gasteiger partial charge in [0.2, 0.25) is 14.9 Å². The maximum atomic E-state index is 13.4. The van der Waals surface area contributed by atoms with E-state index >= 15 is 0 Å². The molecular formula is C24H18ClN5O2S2. The first-order chi connectivity index (χ1) is 16.5. The summed E-state index contributed by atoms with van der Waals surface area (Å²) in [4.78, 5) is 7.08. The summed E-state index contributed by atoms with van der Waals surface area (Å²) >= 11 is 7.50. The topological polar surface area (TPSA) is 80.5 Å². The van der Waals surface area contributed by atoms with Gasteiger partial charge in [-0.15, -0.1) is 16.4 Å². The van der Waals surface area contributed by atoms with E-state index < -0.39 is 9.84 Å². The first-order valence-electron chi connectivity index (χ1n) is 10.6. The molecule has 0 N–H and O–H groups in total. The number of thiophene rings is 1. The van der Waals surface area contributed by atoms with Gasteiger partial charge in [0.15, 0.2) is 11.5 Å². The highest BCUT2D eigenvalue weighted by Crippen LogP contribution is 2.35. The Morgan fingerprint density at radius 2 is 1.79 bits per heavy atom. The van der Waals surface area contributed by atoms with E-state index in [9.17, 15) is 8.42 Å². The average molecular weight is 508 g/mol. The van der Waals surface area contributed by atoms with Crippen molar-refractivity contribution in [3.63, 3.8) is 0 Å². The lowest BCUT2D eigenvalue weighted by Gasteiger charge is -2.28. The zero-order valence-electron chi connectivity index (χ0n) is 17.8. The summed E-state index contributed by atoms with van der Waals surface area (Å²) in [5, 5.41) is 10.4. The average Bonchev–Trinajstić information content (AvgIpc) is 3.52. The smallest absolute Gasteiger partial charge is 0.229 e. The van der Waals surface area contributed by atoms with Gasteiger partial charge < -0.3 is 4.90 Å². The molecule has 5 aromatic rings. The lowest BCUT2D eigenvalue weighted by Crippen LogP contribution is -2.29. The van der Waals surface area contributed by atoms with E-state index in [1.54, 1.807) is 23.5 Å². The predicted molar refractivity (Wildman–Crippen MR) is 134 cm³/mol. The van der Waals surface area contributed by atoms with Crippen LogP contribution < -0.4 is 4.90 Å². The predicted octanol–water partition coefficient (Wildman–Crippen LogP) is 5.12. The van der Waals surface area contributed by atoms with E-state index in [4.69, 9.17) is 16.6 Å². The van der Waals surface area contributed by atoms with Gasteiger partial charge in [-0.3, -0.25) is 0 Å². The van der Waals surface area contributed by atoms with Crippen molar-refractivity contribution >= 4 is 60.0 Å². The molecule has 34 heavy (non-hydrogen) atoms. The van der Waals surface area contributed by atoms with E-state index in [0.717, 1.165) is 29.0 Å². The zero-order chi connectivity index (χ0) is 23.3. The van der Waals surface area contributed by atoms with E-state index in [2.05, 4.69) is 33.4 Å². The fourth-order valence-corrected chi connectivity index (χ4v) is 6.45. The van der Waals surface area contributed by atoms with Crippen LogP contribution in [0.25, 0.3) is 21.4 Å². The second kappa shape index (κ2) is 8.19. The molecule has 0 saturated carbocycles. The lowest BCUT2D eigenvalue weighted by molar-refractivity contribution is 0.592. The van der Waals surface area contributed by atoms with Crippen molar-refractivity contribution in [1.29, 1.82) is 0 Å². The van der Waals surface area contributed by atoms with Gasteiger partial charge in [-0.25, -0.2) is 13.4 Å². The molecule has 1 aliphatic rings. The zero-order valence-corrected chi connectivity index (χ0v) is 20.2. The number of benzene rings is 2. The maximum absolute atomic E-state index is 13.4. The van der Waals surface area contributed by atoms with E-state index in [0.29, 0.717) is 11.6 Å². The van der Waals surface area contributed by atoms with E-state index in [-0.39, 0.29) is 15.6 Å². The Balaban J connectivity index is 1.45. The van der Waals surface area contributed by atoms with Gasteiger partial charge in [0.1, 0.15) is 0 Å². The van der Waals surface area contributed by atoms with Crippen LogP contribution in [0, 0.1) is 0 Å². The molecule has 0 radical (unpaired) electrons. The lowest BCUT2D eigenvalue weighted by atomic mass is 10.00. The second-order valence-corrected chi connectivity index (χ2v) is 11.2. The highest BCUT2D eigenvalue weighted by atomic mass is 35.5.